The Balaban J connectivity index is 1.23. The van der Waals surface area contributed by atoms with Crippen molar-refractivity contribution in [2.75, 3.05) is 31.1 Å². The highest BCUT2D eigenvalue weighted by Gasteiger charge is 2.21. The molecule has 5 aromatic rings. The average Bonchev–Trinajstić information content (AvgIpc) is 2.89. The largest absolute Gasteiger partial charge is 0.353 e. The quantitative estimate of drug-likeness (QED) is 0.393. The summed E-state index contributed by atoms with van der Waals surface area (Å²) in [6.45, 7) is 4.88. The first-order valence-electron chi connectivity index (χ1n) is 11.5. The van der Waals surface area contributed by atoms with Gasteiger partial charge in [-0.1, -0.05) is 48.5 Å². The highest BCUT2D eigenvalue weighted by Crippen LogP contribution is 2.28. The molecule has 1 saturated heterocycles. The fourth-order valence-corrected chi connectivity index (χ4v) is 4.64. The van der Waals surface area contributed by atoms with Crippen molar-refractivity contribution in [3.05, 3.63) is 96.8 Å². The lowest BCUT2D eigenvalue weighted by molar-refractivity contribution is 0.249. The zero-order chi connectivity index (χ0) is 22.0. The zero-order valence-corrected chi connectivity index (χ0v) is 18.4. The van der Waals surface area contributed by atoms with E-state index in [0.29, 0.717) is 0 Å². The number of hydrogen-bond donors (Lipinski definition) is 0. The third-order valence-corrected chi connectivity index (χ3v) is 6.39. The first-order valence-corrected chi connectivity index (χ1v) is 11.5. The first kappa shape index (κ1) is 19.8. The van der Waals surface area contributed by atoms with E-state index in [1.165, 1.54) is 16.3 Å². The van der Waals surface area contributed by atoms with Crippen LogP contribution in [0.25, 0.3) is 33.1 Å². The summed E-state index contributed by atoms with van der Waals surface area (Å²) in [5.41, 5.74) is 3.29. The number of aromatic nitrogens is 3. The van der Waals surface area contributed by atoms with Crippen LogP contribution in [0.15, 0.2) is 91.3 Å². The smallest absolute Gasteiger partial charge is 0.163 e. The molecule has 0 atom stereocenters. The maximum atomic E-state index is 4.99. The number of piperazine rings is 1. The Morgan fingerprint density at radius 2 is 1.55 bits per heavy atom. The average molecular weight is 432 g/mol. The van der Waals surface area contributed by atoms with Gasteiger partial charge < -0.3 is 4.90 Å². The summed E-state index contributed by atoms with van der Waals surface area (Å²) in [6.07, 6.45) is 3.61. The van der Waals surface area contributed by atoms with Crippen molar-refractivity contribution in [1.29, 1.82) is 0 Å². The highest BCUT2D eigenvalue weighted by molar-refractivity contribution is 5.91. The van der Waals surface area contributed by atoms with Crippen molar-refractivity contribution in [3.63, 3.8) is 0 Å². The number of benzene rings is 3. The van der Waals surface area contributed by atoms with Crippen molar-refractivity contribution in [2.24, 2.45) is 0 Å². The van der Waals surface area contributed by atoms with Crippen LogP contribution in [0.1, 0.15) is 5.56 Å². The number of pyridine rings is 1. The van der Waals surface area contributed by atoms with Gasteiger partial charge in [-0.3, -0.25) is 9.88 Å². The van der Waals surface area contributed by atoms with Crippen LogP contribution >= 0.6 is 0 Å². The van der Waals surface area contributed by atoms with E-state index in [4.69, 9.17) is 9.97 Å². The third-order valence-electron chi connectivity index (χ3n) is 6.39. The fraction of sp³-hybridized carbons (Fsp3) is 0.179. The van der Waals surface area contributed by atoms with Gasteiger partial charge in [0, 0.05) is 56.1 Å². The Labute approximate surface area is 193 Å². The Kier molecular flexibility index (Phi) is 5.17. The van der Waals surface area contributed by atoms with Gasteiger partial charge in [0.25, 0.3) is 0 Å². The predicted molar refractivity (Wildman–Crippen MR) is 134 cm³/mol. The number of anilines is 1. The van der Waals surface area contributed by atoms with Gasteiger partial charge in [0.05, 0.1) is 5.52 Å². The van der Waals surface area contributed by atoms with E-state index in [9.17, 15) is 0 Å². The second kappa shape index (κ2) is 8.60. The molecular weight excluding hydrogens is 406 g/mol. The topological polar surface area (TPSA) is 45.2 Å². The van der Waals surface area contributed by atoms with Crippen LogP contribution in [-0.4, -0.2) is 46.0 Å². The number of nitrogens with zero attached hydrogens (tertiary/aromatic N) is 5. The third kappa shape index (κ3) is 4.03. The highest BCUT2D eigenvalue weighted by atomic mass is 15.3. The molecule has 1 aliphatic rings. The van der Waals surface area contributed by atoms with Gasteiger partial charge in [0.2, 0.25) is 0 Å². The standard InChI is InChI=1S/C28H25N5/c1-2-7-23-18-21(11-12-22(23)6-1)20-32-14-16-33(17-15-32)28-25-9-3-4-10-26(25)30-27(31-28)24-8-5-13-29-19-24/h1-13,18-19H,14-17,20H2. The molecule has 1 fully saturated rings. The van der Waals surface area contributed by atoms with E-state index in [1.807, 2.05) is 24.4 Å². The van der Waals surface area contributed by atoms with Gasteiger partial charge in [0.1, 0.15) is 5.82 Å². The minimum atomic E-state index is 0.732. The number of para-hydroxylation sites is 1. The van der Waals surface area contributed by atoms with Crippen LogP contribution < -0.4 is 4.90 Å². The number of hydrogen-bond acceptors (Lipinski definition) is 5. The van der Waals surface area contributed by atoms with Gasteiger partial charge >= 0.3 is 0 Å². The second-order valence-electron chi connectivity index (χ2n) is 8.57. The molecule has 1 aliphatic heterocycles. The Hall–Kier alpha value is -3.83. The monoisotopic (exact) mass is 431 g/mol. The molecular formula is C28H25N5. The minimum Gasteiger partial charge on any atom is -0.353 e. The van der Waals surface area contributed by atoms with Crippen LogP contribution in [0, 0.1) is 0 Å². The Morgan fingerprint density at radius 1 is 0.727 bits per heavy atom. The summed E-state index contributed by atoms with van der Waals surface area (Å²) in [6, 6.07) is 27.6. The molecule has 33 heavy (non-hydrogen) atoms. The van der Waals surface area contributed by atoms with Gasteiger partial charge in [-0.15, -0.1) is 0 Å². The van der Waals surface area contributed by atoms with E-state index in [1.54, 1.807) is 6.20 Å². The minimum absolute atomic E-state index is 0.732. The molecule has 5 heteroatoms. The number of rotatable bonds is 4. The lowest BCUT2D eigenvalue weighted by Crippen LogP contribution is -2.46. The second-order valence-corrected chi connectivity index (χ2v) is 8.57. The van der Waals surface area contributed by atoms with E-state index >= 15 is 0 Å². The lowest BCUT2D eigenvalue weighted by Gasteiger charge is -2.36. The molecule has 0 amide bonds. The van der Waals surface area contributed by atoms with E-state index < -0.39 is 0 Å². The van der Waals surface area contributed by atoms with Gasteiger partial charge in [-0.25, -0.2) is 9.97 Å². The fourth-order valence-electron chi connectivity index (χ4n) is 4.64. The molecule has 3 heterocycles. The Bertz CT molecular complexity index is 1410. The maximum absolute atomic E-state index is 4.99. The van der Waals surface area contributed by atoms with Crippen molar-refractivity contribution in [3.8, 4) is 11.4 Å². The zero-order valence-electron chi connectivity index (χ0n) is 18.4. The van der Waals surface area contributed by atoms with E-state index in [2.05, 4.69) is 75.4 Å². The SMILES string of the molecule is c1cncc(-c2nc(N3CCN(Cc4ccc5ccccc5c4)CC3)c3ccccc3n2)c1. The van der Waals surface area contributed by atoms with Crippen LogP contribution in [-0.2, 0) is 6.54 Å². The lowest BCUT2D eigenvalue weighted by atomic mass is 10.1. The molecule has 0 N–H and O–H groups in total. The van der Waals surface area contributed by atoms with Gasteiger partial charge in [-0.05, 0) is 46.7 Å². The molecule has 0 unspecified atom stereocenters. The molecule has 0 radical (unpaired) electrons. The summed E-state index contributed by atoms with van der Waals surface area (Å²) in [7, 11) is 0. The van der Waals surface area contributed by atoms with Crippen LogP contribution in [0.2, 0.25) is 0 Å². The molecule has 2 aromatic heterocycles. The van der Waals surface area contributed by atoms with Crippen molar-refractivity contribution in [2.45, 2.75) is 6.54 Å². The van der Waals surface area contributed by atoms with E-state index in [0.717, 1.165) is 60.8 Å². The van der Waals surface area contributed by atoms with Crippen LogP contribution in [0.5, 0.6) is 0 Å². The van der Waals surface area contributed by atoms with Gasteiger partial charge in [0.15, 0.2) is 5.82 Å². The molecule has 162 valence electrons. The normalized spacial score (nSPS) is 14.7. The van der Waals surface area contributed by atoms with Crippen LogP contribution in [0.4, 0.5) is 5.82 Å². The molecule has 0 aliphatic carbocycles. The Morgan fingerprint density at radius 3 is 2.39 bits per heavy atom. The van der Waals surface area contributed by atoms with Crippen LogP contribution in [0.3, 0.4) is 0 Å². The summed E-state index contributed by atoms with van der Waals surface area (Å²) in [5, 5.41) is 3.71. The molecule has 5 nitrogen and oxygen atoms in total. The van der Waals surface area contributed by atoms with Gasteiger partial charge in [-0.2, -0.15) is 0 Å². The predicted octanol–water partition coefficient (Wildman–Crippen LogP) is 5.17. The van der Waals surface area contributed by atoms with E-state index in [-0.39, 0.29) is 0 Å². The number of fused-ring (bicyclic) bond motifs is 2. The first-order chi connectivity index (χ1) is 16.3. The van der Waals surface area contributed by atoms with Crippen molar-refractivity contribution >= 4 is 27.5 Å². The van der Waals surface area contributed by atoms with Crippen molar-refractivity contribution < 1.29 is 0 Å². The summed E-state index contributed by atoms with van der Waals surface area (Å²) in [5.74, 6) is 1.75. The summed E-state index contributed by atoms with van der Waals surface area (Å²) in [4.78, 5) is 19.0. The summed E-state index contributed by atoms with van der Waals surface area (Å²) < 4.78 is 0. The molecule has 0 saturated carbocycles. The maximum Gasteiger partial charge on any atom is 0.163 e. The molecule has 0 bridgehead atoms. The molecule has 0 spiro atoms. The molecule has 6 rings (SSSR count). The van der Waals surface area contributed by atoms with Crippen molar-refractivity contribution in [1.82, 2.24) is 19.9 Å². The molecule has 3 aromatic carbocycles. The summed E-state index contributed by atoms with van der Waals surface area (Å²) >= 11 is 0.